The largest absolute Gasteiger partial charge is 0.504 e. The fraction of sp³-hybridized carbons (Fsp3) is 0.630. The van der Waals surface area contributed by atoms with Crippen molar-refractivity contribution in [1.82, 2.24) is 4.90 Å². The van der Waals surface area contributed by atoms with Gasteiger partial charge in [0.05, 0.1) is 30.8 Å². The molecular weight excluding hydrogens is 498 g/mol. The maximum Gasteiger partial charge on any atom is 0.340 e. The van der Waals surface area contributed by atoms with Gasteiger partial charge in [-0.1, -0.05) is 6.92 Å². The van der Waals surface area contributed by atoms with Crippen LogP contribution in [0, 0.1) is 16.7 Å². The lowest BCUT2D eigenvalue weighted by Crippen LogP contribution is -2.57. The van der Waals surface area contributed by atoms with Gasteiger partial charge in [-0.25, -0.2) is 4.79 Å². The van der Waals surface area contributed by atoms with E-state index in [0.29, 0.717) is 12.0 Å². The number of allylic oxidation sites excluding steroid dienone is 1. The van der Waals surface area contributed by atoms with Crippen LogP contribution in [0.1, 0.15) is 40.0 Å². The molecule has 0 radical (unpaired) electrons. The first-order chi connectivity index (χ1) is 17.9. The van der Waals surface area contributed by atoms with Gasteiger partial charge in [-0.15, -0.1) is 0 Å². The number of Topliss-reactive ketones (excluding diaryl/α,β-unsaturated/α-hetero) is 2. The third kappa shape index (κ3) is 4.17. The highest BCUT2D eigenvalue weighted by Gasteiger charge is 2.64. The molecule has 3 N–H and O–H groups in total. The third-order valence-electron chi connectivity index (χ3n) is 8.51. The summed E-state index contributed by atoms with van der Waals surface area (Å²) in [4.78, 5) is 53.9. The van der Waals surface area contributed by atoms with Crippen molar-refractivity contribution in [3.05, 3.63) is 34.3 Å². The van der Waals surface area contributed by atoms with E-state index in [1.54, 1.807) is 13.8 Å². The van der Waals surface area contributed by atoms with E-state index in [2.05, 4.69) is 0 Å². The van der Waals surface area contributed by atoms with Gasteiger partial charge in [0, 0.05) is 68.6 Å². The van der Waals surface area contributed by atoms with Crippen LogP contribution in [0.3, 0.4) is 0 Å². The van der Waals surface area contributed by atoms with Gasteiger partial charge < -0.3 is 34.4 Å². The predicted octanol–water partition coefficient (Wildman–Crippen LogP) is 0.747. The number of carbonyl (C=O) groups excluding carboxylic acids is 4. The number of cyclic esters (lactones) is 1. The van der Waals surface area contributed by atoms with Gasteiger partial charge in [0.25, 0.3) is 0 Å². The molecule has 4 rings (SSSR count). The van der Waals surface area contributed by atoms with Crippen LogP contribution in [0.25, 0.3) is 0 Å². The molecule has 0 aromatic carbocycles. The molecule has 2 fully saturated rings. The second-order valence-electron chi connectivity index (χ2n) is 10.7. The Morgan fingerprint density at radius 1 is 1.18 bits per heavy atom. The Bertz CT molecular complexity index is 1150. The summed E-state index contributed by atoms with van der Waals surface area (Å²) in [6.45, 7) is 4.24. The summed E-state index contributed by atoms with van der Waals surface area (Å²) in [6.07, 6.45) is 0.198. The monoisotopic (exact) mass is 533 g/mol. The zero-order valence-electron chi connectivity index (χ0n) is 22.1. The summed E-state index contributed by atoms with van der Waals surface area (Å²) in [6, 6.07) is 0. The van der Waals surface area contributed by atoms with E-state index in [9.17, 15) is 34.5 Å². The number of fused-ring (bicyclic) bond motifs is 4. The van der Waals surface area contributed by atoms with Crippen LogP contribution < -0.4 is 0 Å². The summed E-state index contributed by atoms with van der Waals surface area (Å²) in [5.41, 5.74) is -1.79. The van der Waals surface area contributed by atoms with Gasteiger partial charge in [0.2, 0.25) is 5.78 Å². The quantitative estimate of drug-likeness (QED) is 0.298. The topological polar surface area (TPSA) is 160 Å². The highest BCUT2D eigenvalue weighted by atomic mass is 16.6. The van der Waals surface area contributed by atoms with Crippen LogP contribution in [-0.2, 0) is 33.4 Å². The van der Waals surface area contributed by atoms with Crippen LogP contribution in [0.4, 0.5) is 0 Å². The SMILES string of the molecule is COC[C@H]1OC(=O)/C(=C\N(CCO)CCO)C2=C(O)C(=O)C3=C([C@H](OC(C)=O)C[C@]4(C)C(=O)CC[C@@H]34)[C@]21C. The first kappa shape index (κ1) is 28.0. The van der Waals surface area contributed by atoms with Gasteiger partial charge in [0.15, 0.2) is 5.76 Å². The predicted molar refractivity (Wildman–Crippen MR) is 131 cm³/mol. The number of hydrogen-bond acceptors (Lipinski definition) is 11. The Balaban J connectivity index is 2.00. The van der Waals surface area contributed by atoms with Crippen LogP contribution in [0.2, 0.25) is 0 Å². The molecule has 0 bridgehead atoms. The Labute approximate surface area is 220 Å². The van der Waals surface area contributed by atoms with Crippen molar-refractivity contribution in [2.45, 2.75) is 52.2 Å². The standard InChI is InChI=1S/C27H35NO10/c1-14(31)37-17-11-26(2)16(5-6-18(26)32)20-22(17)27(3)19(13-36-4)38-25(35)15(21(27)24(34)23(20)33)12-28(7-9-29)8-10-30/h12,16-17,19,29-30,34H,5-11,13H2,1-4H3/b15-12-/t16-,17+,19+,26-,27-/m0/s1. The molecule has 0 aromatic heterocycles. The molecule has 208 valence electrons. The molecule has 11 heteroatoms. The number of ketones is 2. The van der Waals surface area contributed by atoms with Crippen LogP contribution in [-0.4, -0.2) is 96.0 Å². The number of aliphatic hydroxyl groups excluding tert-OH is 3. The fourth-order valence-electron chi connectivity index (χ4n) is 6.76. The molecule has 1 heterocycles. The average molecular weight is 534 g/mol. The molecule has 0 unspecified atom stereocenters. The van der Waals surface area contributed by atoms with Gasteiger partial charge in [-0.05, 0) is 18.9 Å². The summed E-state index contributed by atoms with van der Waals surface area (Å²) < 4.78 is 16.9. The van der Waals surface area contributed by atoms with Gasteiger partial charge in [-0.2, -0.15) is 0 Å². The van der Waals surface area contributed by atoms with Gasteiger partial charge >= 0.3 is 11.9 Å². The van der Waals surface area contributed by atoms with Crippen molar-refractivity contribution in [3.63, 3.8) is 0 Å². The number of nitrogens with zero attached hydrogens (tertiary/aromatic N) is 1. The Hall–Kier alpha value is -3.02. The highest BCUT2D eigenvalue weighted by Crippen LogP contribution is 2.62. The zero-order chi connectivity index (χ0) is 28.0. The molecule has 0 aromatic rings. The molecular formula is C27H35NO10. The van der Waals surface area contributed by atoms with Crippen LogP contribution in [0.5, 0.6) is 0 Å². The number of aliphatic hydroxyl groups is 3. The maximum atomic E-state index is 13.9. The molecule has 1 aliphatic heterocycles. The second-order valence-corrected chi connectivity index (χ2v) is 10.7. The first-order valence-corrected chi connectivity index (χ1v) is 12.8. The Morgan fingerprint density at radius 2 is 1.84 bits per heavy atom. The summed E-state index contributed by atoms with van der Waals surface area (Å²) in [5, 5.41) is 30.4. The lowest BCUT2D eigenvalue weighted by Gasteiger charge is -2.53. The van der Waals surface area contributed by atoms with Crippen LogP contribution >= 0.6 is 0 Å². The van der Waals surface area contributed by atoms with E-state index in [0.717, 1.165) is 0 Å². The van der Waals surface area contributed by atoms with Crippen molar-refractivity contribution in [1.29, 1.82) is 0 Å². The normalized spacial score (nSPS) is 33.7. The molecule has 1 saturated heterocycles. The average Bonchev–Trinajstić information content (AvgIpc) is 3.13. The fourth-order valence-corrected chi connectivity index (χ4v) is 6.76. The Morgan fingerprint density at radius 3 is 2.42 bits per heavy atom. The summed E-state index contributed by atoms with van der Waals surface area (Å²) in [5.74, 6) is -3.32. The molecule has 4 aliphatic rings. The van der Waals surface area contributed by atoms with Crippen LogP contribution in [0.15, 0.2) is 34.3 Å². The summed E-state index contributed by atoms with van der Waals surface area (Å²) in [7, 11) is 1.43. The van der Waals surface area contributed by atoms with Crippen molar-refractivity contribution in [2.75, 3.05) is 40.0 Å². The smallest absolute Gasteiger partial charge is 0.340 e. The zero-order valence-corrected chi connectivity index (χ0v) is 22.1. The maximum absolute atomic E-state index is 13.9. The molecule has 3 aliphatic carbocycles. The van der Waals surface area contributed by atoms with E-state index in [1.807, 2.05) is 0 Å². The molecule has 0 amide bonds. The lowest BCUT2D eigenvalue weighted by molar-refractivity contribution is -0.160. The number of rotatable bonds is 8. The van der Waals surface area contributed by atoms with E-state index < -0.39 is 52.4 Å². The van der Waals surface area contributed by atoms with E-state index in [-0.39, 0.29) is 68.3 Å². The number of carbonyl (C=O) groups is 4. The number of esters is 2. The first-order valence-electron chi connectivity index (χ1n) is 12.8. The minimum absolute atomic E-state index is 0.00510. The molecule has 1 saturated carbocycles. The minimum Gasteiger partial charge on any atom is -0.504 e. The molecule has 5 atom stereocenters. The Kier molecular flexibility index (Phi) is 7.57. The lowest BCUT2D eigenvalue weighted by atomic mass is 9.53. The van der Waals surface area contributed by atoms with E-state index in [1.165, 1.54) is 25.1 Å². The minimum atomic E-state index is -1.35. The van der Waals surface area contributed by atoms with Crippen molar-refractivity contribution in [2.24, 2.45) is 16.7 Å². The molecule has 38 heavy (non-hydrogen) atoms. The number of methoxy groups -OCH3 is 1. The van der Waals surface area contributed by atoms with Gasteiger partial charge in [0.1, 0.15) is 18.0 Å². The summed E-state index contributed by atoms with van der Waals surface area (Å²) >= 11 is 0. The van der Waals surface area contributed by atoms with Crippen molar-refractivity contribution < 1.29 is 48.7 Å². The molecule has 11 nitrogen and oxygen atoms in total. The highest BCUT2D eigenvalue weighted by molar-refractivity contribution is 6.14. The van der Waals surface area contributed by atoms with Gasteiger partial charge in [-0.3, -0.25) is 14.4 Å². The molecule has 0 spiro atoms. The van der Waals surface area contributed by atoms with E-state index in [4.69, 9.17) is 14.2 Å². The van der Waals surface area contributed by atoms with E-state index >= 15 is 0 Å². The number of hydrogen-bond donors (Lipinski definition) is 3. The van der Waals surface area contributed by atoms with Crippen molar-refractivity contribution >= 4 is 23.5 Å². The third-order valence-corrected chi connectivity index (χ3v) is 8.51. The second kappa shape index (κ2) is 10.3. The van der Waals surface area contributed by atoms with Crippen molar-refractivity contribution in [3.8, 4) is 0 Å². The number of ether oxygens (including phenoxy) is 3.